The quantitative estimate of drug-likeness (QED) is 0.492. The van der Waals surface area contributed by atoms with E-state index in [1.165, 1.54) is 13.2 Å². The first-order chi connectivity index (χ1) is 14.5. The second-order valence-electron chi connectivity index (χ2n) is 6.27. The number of carbonyl (C=O) groups is 3. The molecule has 1 N–H and O–H groups in total. The van der Waals surface area contributed by atoms with Crippen LogP contribution in [0.3, 0.4) is 0 Å². The molecular formula is C21H19N5O4. The zero-order valence-electron chi connectivity index (χ0n) is 16.6. The number of amides is 3. The van der Waals surface area contributed by atoms with Gasteiger partial charge in [0.1, 0.15) is 0 Å². The van der Waals surface area contributed by atoms with Crippen molar-refractivity contribution in [3.05, 3.63) is 59.7 Å². The number of hydrogen-bond acceptors (Lipinski definition) is 7. The van der Waals surface area contributed by atoms with Gasteiger partial charge in [0.05, 0.1) is 18.5 Å². The Balaban J connectivity index is 2.00. The molecule has 0 atom stereocenters. The molecule has 30 heavy (non-hydrogen) atoms. The van der Waals surface area contributed by atoms with Gasteiger partial charge < -0.3 is 4.74 Å². The van der Waals surface area contributed by atoms with Crippen molar-refractivity contribution in [3.8, 4) is 17.1 Å². The lowest BCUT2D eigenvalue weighted by Crippen LogP contribution is -2.34. The largest absolute Gasteiger partial charge is 0.478 e. The van der Waals surface area contributed by atoms with Crippen LogP contribution in [0.2, 0.25) is 0 Å². The fourth-order valence-electron chi connectivity index (χ4n) is 2.82. The van der Waals surface area contributed by atoms with Crippen molar-refractivity contribution in [2.24, 2.45) is 10.2 Å². The second kappa shape index (κ2) is 8.91. The number of methoxy groups -OCH3 is 1. The van der Waals surface area contributed by atoms with E-state index in [9.17, 15) is 14.4 Å². The van der Waals surface area contributed by atoms with Gasteiger partial charge in [0.15, 0.2) is 5.69 Å². The summed E-state index contributed by atoms with van der Waals surface area (Å²) in [5.41, 5.74) is 2.94. The van der Waals surface area contributed by atoms with Crippen LogP contribution in [0.25, 0.3) is 11.3 Å². The number of ether oxygens (including phenoxy) is 1. The number of imide groups is 3. The number of azo groups is 1. The maximum atomic E-state index is 12.5. The highest BCUT2D eigenvalue weighted by Crippen LogP contribution is 2.37. The van der Waals surface area contributed by atoms with Crippen LogP contribution in [0.5, 0.6) is 5.88 Å². The van der Waals surface area contributed by atoms with E-state index in [1.807, 2.05) is 30.3 Å². The maximum absolute atomic E-state index is 12.5. The number of aromatic nitrogens is 2. The molecule has 0 bridgehead atoms. The van der Waals surface area contributed by atoms with E-state index in [4.69, 9.17) is 4.74 Å². The van der Waals surface area contributed by atoms with E-state index in [-0.39, 0.29) is 17.9 Å². The highest BCUT2D eigenvalue weighted by molar-refractivity contribution is 6.12. The number of hydrogen-bond donors (Lipinski definition) is 1. The van der Waals surface area contributed by atoms with Crippen molar-refractivity contribution in [2.75, 3.05) is 7.11 Å². The topological polar surface area (TPSA) is 117 Å². The number of carbonyl (C=O) groups excluding carboxylic acids is 3. The number of H-pyrrole nitrogens is 1. The van der Waals surface area contributed by atoms with E-state index in [0.29, 0.717) is 27.5 Å². The summed E-state index contributed by atoms with van der Waals surface area (Å²) in [7, 11) is 1.48. The van der Waals surface area contributed by atoms with Gasteiger partial charge in [-0.15, -0.1) is 15.3 Å². The normalized spacial score (nSPS) is 10.8. The molecule has 152 valence electrons. The van der Waals surface area contributed by atoms with Gasteiger partial charge in [-0.3, -0.25) is 19.5 Å². The molecule has 1 aromatic heterocycles. The van der Waals surface area contributed by atoms with Crippen molar-refractivity contribution in [1.82, 2.24) is 15.1 Å². The monoisotopic (exact) mass is 405 g/mol. The Morgan fingerprint density at radius 1 is 1.10 bits per heavy atom. The predicted molar refractivity (Wildman–Crippen MR) is 109 cm³/mol. The van der Waals surface area contributed by atoms with Crippen LogP contribution in [-0.2, 0) is 9.59 Å². The minimum Gasteiger partial charge on any atom is -0.478 e. The zero-order chi connectivity index (χ0) is 21.7. The second-order valence-corrected chi connectivity index (χ2v) is 6.27. The Bertz CT molecular complexity index is 1120. The fraction of sp³-hybridized carbons (Fsp3) is 0.143. The molecule has 0 unspecified atom stereocenters. The lowest BCUT2D eigenvalue weighted by Gasteiger charge is -2.13. The summed E-state index contributed by atoms with van der Waals surface area (Å²) in [5, 5.41) is 15.5. The SMILES string of the molecule is COc1n[nH]c(-c2ccccc2)c1N=Nc1cccc(C(=O)N(C=O)C(C)=O)c1C. The summed E-state index contributed by atoms with van der Waals surface area (Å²) in [4.78, 5) is 35.7. The van der Waals surface area contributed by atoms with Crippen molar-refractivity contribution in [1.29, 1.82) is 0 Å². The number of nitrogens with zero attached hydrogens (tertiary/aromatic N) is 4. The highest BCUT2D eigenvalue weighted by atomic mass is 16.5. The average Bonchev–Trinajstić information content (AvgIpc) is 3.16. The molecule has 0 spiro atoms. The molecule has 0 saturated heterocycles. The van der Waals surface area contributed by atoms with Crippen molar-refractivity contribution < 1.29 is 19.1 Å². The van der Waals surface area contributed by atoms with Gasteiger partial charge in [-0.25, -0.2) is 4.90 Å². The maximum Gasteiger partial charge on any atom is 0.267 e. The Kier molecular flexibility index (Phi) is 6.11. The van der Waals surface area contributed by atoms with E-state index < -0.39 is 11.8 Å². The first-order valence-electron chi connectivity index (χ1n) is 8.96. The van der Waals surface area contributed by atoms with Crippen LogP contribution in [0.1, 0.15) is 22.8 Å². The molecule has 1 heterocycles. The fourth-order valence-corrected chi connectivity index (χ4v) is 2.82. The molecule has 0 aliphatic carbocycles. The van der Waals surface area contributed by atoms with Crippen molar-refractivity contribution in [3.63, 3.8) is 0 Å². The molecule has 0 aliphatic heterocycles. The third-order valence-electron chi connectivity index (χ3n) is 4.42. The Morgan fingerprint density at radius 3 is 2.47 bits per heavy atom. The van der Waals surface area contributed by atoms with Crippen LogP contribution in [-0.4, -0.2) is 40.4 Å². The van der Waals surface area contributed by atoms with Crippen LogP contribution >= 0.6 is 0 Å². The smallest absolute Gasteiger partial charge is 0.267 e. The van der Waals surface area contributed by atoms with Crippen molar-refractivity contribution >= 4 is 29.6 Å². The molecule has 0 aliphatic rings. The van der Waals surface area contributed by atoms with Crippen LogP contribution in [0.4, 0.5) is 11.4 Å². The van der Waals surface area contributed by atoms with Gasteiger partial charge in [-0.05, 0) is 24.6 Å². The number of rotatable bonds is 6. The number of benzene rings is 2. The predicted octanol–water partition coefficient (Wildman–Crippen LogP) is 3.95. The standard InChI is InChI=1S/C21H19N5O4/c1-13-16(21(29)26(12-27)14(2)28)10-7-11-17(13)22-24-19-18(23-25-20(19)30-3)15-8-5-4-6-9-15/h4-12H,1-3H3,(H,23,25). The van der Waals surface area contributed by atoms with E-state index in [2.05, 4.69) is 20.4 Å². The van der Waals surface area contributed by atoms with Crippen LogP contribution < -0.4 is 4.74 Å². The van der Waals surface area contributed by atoms with Gasteiger partial charge in [0.25, 0.3) is 11.8 Å². The molecular weight excluding hydrogens is 386 g/mol. The van der Waals surface area contributed by atoms with E-state index in [1.54, 1.807) is 19.1 Å². The lowest BCUT2D eigenvalue weighted by atomic mass is 10.1. The molecule has 0 fully saturated rings. The third-order valence-corrected chi connectivity index (χ3v) is 4.42. The minimum atomic E-state index is -0.724. The Morgan fingerprint density at radius 2 is 1.83 bits per heavy atom. The van der Waals surface area contributed by atoms with Gasteiger partial charge in [0.2, 0.25) is 12.3 Å². The van der Waals surface area contributed by atoms with Crippen LogP contribution in [0, 0.1) is 6.92 Å². The number of aromatic amines is 1. The molecule has 2 aromatic carbocycles. The first-order valence-corrected chi connectivity index (χ1v) is 8.96. The van der Waals surface area contributed by atoms with Gasteiger partial charge in [-0.2, -0.15) is 0 Å². The summed E-state index contributed by atoms with van der Waals surface area (Å²) in [6.45, 7) is 2.80. The highest BCUT2D eigenvalue weighted by Gasteiger charge is 2.22. The number of nitrogens with one attached hydrogen (secondary N) is 1. The molecule has 0 radical (unpaired) electrons. The molecule has 3 amide bonds. The molecule has 0 saturated carbocycles. The molecule has 9 heteroatoms. The third kappa shape index (κ3) is 4.00. The van der Waals surface area contributed by atoms with Gasteiger partial charge in [-0.1, -0.05) is 36.4 Å². The minimum absolute atomic E-state index is 0.177. The van der Waals surface area contributed by atoms with Crippen molar-refractivity contribution in [2.45, 2.75) is 13.8 Å². The Hall–Kier alpha value is -4.14. The summed E-state index contributed by atoms with van der Waals surface area (Å²) >= 11 is 0. The lowest BCUT2D eigenvalue weighted by molar-refractivity contribution is -0.133. The van der Waals surface area contributed by atoms with E-state index >= 15 is 0 Å². The summed E-state index contributed by atoms with van der Waals surface area (Å²) in [5.74, 6) is -1.12. The average molecular weight is 405 g/mol. The van der Waals surface area contributed by atoms with Gasteiger partial charge in [0, 0.05) is 18.1 Å². The van der Waals surface area contributed by atoms with Gasteiger partial charge >= 0.3 is 0 Å². The van der Waals surface area contributed by atoms with E-state index in [0.717, 1.165) is 12.5 Å². The molecule has 3 rings (SSSR count). The summed E-state index contributed by atoms with van der Waals surface area (Å²) in [6, 6.07) is 14.2. The molecule has 3 aromatic rings. The first kappa shape index (κ1) is 20.6. The summed E-state index contributed by atoms with van der Waals surface area (Å²) < 4.78 is 5.27. The summed E-state index contributed by atoms with van der Waals surface area (Å²) in [6.07, 6.45) is 0.195. The Labute approximate surface area is 172 Å². The molecule has 9 nitrogen and oxygen atoms in total. The van der Waals surface area contributed by atoms with Crippen LogP contribution in [0.15, 0.2) is 58.8 Å². The zero-order valence-corrected chi connectivity index (χ0v) is 16.6.